The van der Waals surface area contributed by atoms with Crippen LogP contribution in [0.2, 0.25) is 0 Å². The number of esters is 1. The number of pyridine rings is 2. The zero-order chi connectivity index (χ0) is 34.0. The third-order valence-corrected chi connectivity index (χ3v) is 7.83. The molecule has 13 heteroatoms. The molecule has 244 valence electrons. The number of carbonyl (C=O) groups is 2. The van der Waals surface area contributed by atoms with E-state index in [1.807, 2.05) is 29.7 Å². The van der Waals surface area contributed by atoms with Crippen LogP contribution in [0.5, 0.6) is 5.75 Å². The van der Waals surface area contributed by atoms with Gasteiger partial charge >= 0.3 is 12.3 Å². The van der Waals surface area contributed by atoms with Gasteiger partial charge < -0.3 is 14.8 Å². The first-order chi connectivity index (χ1) is 23.1. The van der Waals surface area contributed by atoms with E-state index in [2.05, 4.69) is 25.0 Å². The van der Waals surface area contributed by atoms with Gasteiger partial charge in [-0.15, -0.1) is 13.2 Å². The molecule has 1 amide bonds. The monoisotopic (exact) mass is 654 g/mol. The van der Waals surface area contributed by atoms with Gasteiger partial charge in [0.15, 0.2) is 0 Å². The Bertz CT molecular complexity index is 2060. The van der Waals surface area contributed by atoms with Gasteiger partial charge in [-0.2, -0.15) is 0 Å². The predicted molar refractivity (Wildman–Crippen MR) is 172 cm³/mol. The van der Waals surface area contributed by atoms with Crippen LogP contribution < -0.4 is 10.1 Å². The van der Waals surface area contributed by atoms with Crippen LogP contribution in [0.15, 0.2) is 102 Å². The normalized spacial score (nSPS) is 16.4. The smallest absolute Gasteiger partial charge is 0.463 e. The molecule has 6 rings (SSSR count). The highest BCUT2D eigenvalue weighted by Crippen LogP contribution is 2.46. The predicted octanol–water partition coefficient (Wildman–Crippen LogP) is 6.81. The Kier molecular flexibility index (Phi) is 8.76. The van der Waals surface area contributed by atoms with E-state index in [9.17, 15) is 22.8 Å². The molecule has 2 atom stereocenters. The quantitative estimate of drug-likeness (QED) is 0.183. The highest BCUT2D eigenvalue weighted by Gasteiger charge is 2.45. The van der Waals surface area contributed by atoms with Crippen LogP contribution in [-0.2, 0) is 14.3 Å². The van der Waals surface area contributed by atoms with Crippen molar-refractivity contribution in [2.75, 3.05) is 11.9 Å². The van der Waals surface area contributed by atoms with Crippen LogP contribution in [-0.4, -0.2) is 50.1 Å². The van der Waals surface area contributed by atoms with Gasteiger partial charge in [-0.05, 0) is 57.2 Å². The number of nitrogens with one attached hydrogen (secondary N) is 1. The van der Waals surface area contributed by atoms with Crippen molar-refractivity contribution >= 4 is 40.1 Å². The lowest BCUT2D eigenvalue weighted by Crippen LogP contribution is -2.39. The number of aryl methyl sites for hydroxylation is 1. The van der Waals surface area contributed by atoms with Gasteiger partial charge in [0.05, 0.1) is 35.5 Å². The molecule has 48 heavy (non-hydrogen) atoms. The number of halogens is 3. The molecule has 0 saturated carbocycles. The standard InChI is InChI=1S/C35H29F3N6O4/c1-4-47-34(46)31-30(24-9-5-6-10-27(24)48-35(36,37)38)29(33(45)43-28-11-7-8-17-40-28)20(2)41-32(31)22-12-14-23(15-13-22)44-21(3)42-25-19-39-18-16-26(25)44/h5-19,29-30H,4H2,1-3H3,(H,40,43,45). The fraction of sp³-hybridized carbons (Fsp3) is 0.200. The zero-order valence-electron chi connectivity index (χ0n) is 26.0. The zero-order valence-corrected chi connectivity index (χ0v) is 26.0. The summed E-state index contributed by atoms with van der Waals surface area (Å²) in [5.74, 6) is -3.60. The number of anilines is 1. The minimum atomic E-state index is -5.04. The Hall–Kier alpha value is -5.85. The molecule has 1 aliphatic rings. The number of rotatable bonds is 8. The summed E-state index contributed by atoms with van der Waals surface area (Å²) in [4.78, 5) is 45.4. The second-order valence-electron chi connectivity index (χ2n) is 10.9. The lowest BCUT2D eigenvalue weighted by atomic mass is 9.74. The lowest BCUT2D eigenvalue weighted by Gasteiger charge is -2.33. The van der Waals surface area contributed by atoms with Crippen molar-refractivity contribution in [3.05, 3.63) is 114 Å². The maximum absolute atomic E-state index is 14.0. The Morgan fingerprint density at radius 2 is 1.71 bits per heavy atom. The first-order valence-electron chi connectivity index (χ1n) is 15.0. The second-order valence-corrected chi connectivity index (χ2v) is 10.9. The summed E-state index contributed by atoms with van der Waals surface area (Å²) in [6.45, 7) is 5.04. The molecule has 5 aromatic rings. The van der Waals surface area contributed by atoms with Gasteiger partial charge in [-0.3, -0.25) is 19.3 Å². The molecule has 0 aliphatic carbocycles. The fourth-order valence-corrected chi connectivity index (χ4v) is 5.93. The molecule has 0 fully saturated rings. The van der Waals surface area contributed by atoms with Gasteiger partial charge in [0.25, 0.3) is 0 Å². The van der Waals surface area contributed by atoms with Gasteiger partial charge in [0, 0.05) is 40.8 Å². The van der Waals surface area contributed by atoms with Crippen LogP contribution in [0.25, 0.3) is 22.4 Å². The fourth-order valence-electron chi connectivity index (χ4n) is 5.93. The van der Waals surface area contributed by atoms with Crippen LogP contribution >= 0.6 is 0 Å². The van der Waals surface area contributed by atoms with Gasteiger partial charge in [-0.1, -0.05) is 36.4 Å². The number of hydrogen-bond donors (Lipinski definition) is 1. The molecule has 0 bridgehead atoms. The Morgan fingerprint density at radius 1 is 0.958 bits per heavy atom. The number of aromatic nitrogens is 4. The molecule has 10 nitrogen and oxygen atoms in total. The van der Waals surface area contributed by atoms with E-state index in [1.165, 1.54) is 24.4 Å². The van der Waals surface area contributed by atoms with Crippen molar-refractivity contribution in [1.82, 2.24) is 19.5 Å². The molecule has 0 saturated heterocycles. The highest BCUT2D eigenvalue weighted by molar-refractivity contribution is 6.15. The van der Waals surface area contributed by atoms with Crippen LogP contribution in [0, 0.1) is 12.8 Å². The van der Waals surface area contributed by atoms with Crippen LogP contribution in [0.3, 0.4) is 0 Å². The summed E-state index contributed by atoms with van der Waals surface area (Å²) in [6.07, 6.45) is -0.217. The summed E-state index contributed by atoms with van der Waals surface area (Å²) in [7, 11) is 0. The summed E-state index contributed by atoms with van der Waals surface area (Å²) in [5, 5.41) is 2.72. The number of benzene rings is 2. The van der Waals surface area contributed by atoms with Crippen molar-refractivity contribution in [2.24, 2.45) is 10.9 Å². The van der Waals surface area contributed by atoms with Gasteiger partial charge in [0.1, 0.15) is 22.9 Å². The average molecular weight is 655 g/mol. The van der Waals surface area contributed by atoms with Crippen LogP contribution in [0.1, 0.15) is 36.7 Å². The molecule has 3 aromatic heterocycles. The largest absolute Gasteiger partial charge is 0.573 e. The first-order valence-corrected chi connectivity index (χ1v) is 15.0. The second kappa shape index (κ2) is 13.1. The molecule has 1 aliphatic heterocycles. The number of alkyl halides is 3. The number of carbonyl (C=O) groups excluding carboxylic acids is 2. The maximum Gasteiger partial charge on any atom is 0.573 e. The van der Waals surface area contributed by atoms with Crippen LogP contribution in [0.4, 0.5) is 19.0 Å². The van der Waals surface area contributed by atoms with Crippen molar-refractivity contribution in [3.63, 3.8) is 0 Å². The summed E-state index contributed by atoms with van der Waals surface area (Å²) in [5.41, 5.74) is 3.09. The molecule has 0 radical (unpaired) electrons. The Balaban J connectivity index is 1.53. The third kappa shape index (κ3) is 6.39. The number of imidazole rings is 1. The molecule has 2 aromatic carbocycles. The topological polar surface area (TPSA) is 121 Å². The van der Waals surface area contributed by atoms with E-state index in [-0.39, 0.29) is 35.0 Å². The van der Waals surface area contributed by atoms with E-state index in [0.29, 0.717) is 5.56 Å². The number of para-hydroxylation sites is 1. The van der Waals surface area contributed by atoms with E-state index in [4.69, 9.17) is 9.73 Å². The molecule has 2 unspecified atom stereocenters. The van der Waals surface area contributed by atoms with Crippen molar-refractivity contribution in [2.45, 2.75) is 33.1 Å². The number of nitrogens with zero attached hydrogens (tertiary/aromatic N) is 5. The highest BCUT2D eigenvalue weighted by atomic mass is 19.4. The third-order valence-electron chi connectivity index (χ3n) is 7.83. The first kappa shape index (κ1) is 32.1. The molecule has 1 N–H and O–H groups in total. The molecule has 4 heterocycles. The van der Waals surface area contributed by atoms with Gasteiger partial charge in [-0.25, -0.2) is 14.8 Å². The average Bonchev–Trinajstić information content (AvgIpc) is 3.40. The van der Waals surface area contributed by atoms with E-state index >= 15 is 0 Å². The van der Waals surface area contributed by atoms with E-state index < -0.39 is 35.8 Å². The Morgan fingerprint density at radius 3 is 2.42 bits per heavy atom. The summed E-state index contributed by atoms with van der Waals surface area (Å²) < 4.78 is 52.8. The molecular weight excluding hydrogens is 625 g/mol. The minimum Gasteiger partial charge on any atom is -0.463 e. The number of ether oxygens (including phenoxy) is 2. The van der Waals surface area contributed by atoms with Crippen molar-refractivity contribution in [1.29, 1.82) is 0 Å². The lowest BCUT2D eigenvalue weighted by molar-refractivity contribution is -0.274. The molecule has 0 spiro atoms. The number of aliphatic imine (C=N–C) groups is 1. The summed E-state index contributed by atoms with van der Waals surface area (Å²) in [6, 6.07) is 19.3. The van der Waals surface area contributed by atoms with E-state index in [1.54, 1.807) is 56.6 Å². The number of fused-ring (bicyclic) bond motifs is 1. The van der Waals surface area contributed by atoms with Gasteiger partial charge in [0.2, 0.25) is 5.91 Å². The summed E-state index contributed by atoms with van der Waals surface area (Å²) >= 11 is 0. The van der Waals surface area contributed by atoms with E-state index in [0.717, 1.165) is 28.6 Å². The Labute approximate surface area is 273 Å². The number of hydrogen-bond acceptors (Lipinski definition) is 8. The SMILES string of the molecule is CCOC(=O)C1=C(c2ccc(-n3c(C)nc4cnccc43)cc2)N=C(C)C(C(=O)Nc2ccccn2)C1c1ccccc1OC(F)(F)F. The number of amides is 1. The molecular formula is C35H29F3N6O4. The van der Waals surface area contributed by atoms with Crippen molar-refractivity contribution in [3.8, 4) is 11.4 Å². The maximum atomic E-state index is 14.0. The minimum absolute atomic E-state index is 0.0305. The van der Waals surface area contributed by atoms with Crippen molar-refractivity contribution < 1.29 is 32.2 Å².